The first-order valence-electron chi connectivity index (χ1n) is 27.7. The third kappa shape index (κ3) is 9.64. The molecule has 0 radical (unpaired) electrons. The molecule has 0 heterocycles. The molecule has 14 aromatic rings. The highest BCUT2D eigenvalue weighted by Crippen LogP contribution is 2.44. The minimum Gasteiger partial charge on any atom is -0.310 e. The van der Waals surface area contributed by atoms with Crippen molar-refractivity contribution in [2.75, 3.05) is 14.7 Å². The molecule has 0 unspecified atom stereocenters. The van der Waals surface area contributed by atoms with Crippen molar-refractivity contribution >= 4 is 83.5 Å². The number of anilines is 9. The molecule has 14 rings (SSSR count). The lowest BCUT2D eigenvalue weighted by molar-refractivity contribution is 1.30. The summed E-state index contributed by atoms with van der Waals surface area (Å²) in [5.74, 6) is 0. The van der Waals surface area contributed by atoms with Gasteiger partial charge in [-0.25, -0.2) is 0 Å². The second-order valence-corrected chi connectivity index (χ2v) is 20.5. The zero-order valence-corrected chi connectivity index (χ0v) is 44.6. The van der Waals surface area contributed by atoms with Gasteiger partial charge >= 0.3 is 0 Å². The molecule has 0 aromatic heterocycles. The minimum atomic E-state index is 1.09. The average Bonchev–Trinajstić information content (AvgIpc) is 3.59. The third-order valence-corrected chi connectivity index (χ3v) is 15.7. The van der Waals surface area contributed by atoms with Gasteiger partial charge in [-0.1, -0.05) is 243 Å². The van der Waals surface area contributed by atoms with Gasteiger partial charge in [0.1, 0.15) is 0 Å². The fourth-order valence-corrected chi connectivity index (χ4v) is 11.6. The molecule has 0 fully saturated rings. The Kier molecular flexibility index (Phi) is 13.0. The van der Waals surface area contributed by atoms with Crippen LogP contribution in [0.4, 0.5) is 51.2 Å². The van der Waals surface area contributed by atoms with Crippen LogP contribution >= 0.6 is 0 Å². The fraction of sp³-hybridized carbons (Fsp3) is 0. The minimum absolute atomic E-state index is 1.09. The summed E-state index contributed by atoms with van der Waals surface area (Å²) in [6.07, 6.45) is 0. The van der Waals surface area contributed by atoms with Crippen LogP contribution in [0.2, 0.25) is 0 Å². The average molecular weight is 1030 g/mol. The van der Waals surface area contributed by atoms with Crippen molar-refractivity contribution in [2.24, 2.45) is 0 Å². The topological polar surface area (TPSA) is 9.72 Å². The molecule has 0 spiro atoms. The van der Waals surface area contributed by atoms with Gasteiger partial charge in [0.15, 0.2) is 0 Å². The smallest absolute Gasteiger partial charge is 0.0540 e. The summed E-state index contributed by atoms with van der Waals surface area (Å²) in [7, 11) is 0. The molecule has 0 saturated carbocycles. The van der Waals surface area contributed by atoms with Crippen LogP contribution in [0.15, 0.2) is 334 Å². The second kappa shape index (κ2) is 21.6. The van der Waals surface area contributed by atoms with Crippen molar-refractivity contribution in [1.82, 2.24) is 0 Å². The van der Waals surface area contributed by atoms with E-state index < -0.39 is 0 Å². The lowest BCUT2D eigenvalue weighted by Gasteiger charge is -2.27. The van der Waals surface area contributed by atoms with Crippen molar-refractivity contribution in [3.8, 4) is 44.5 Å². The summed E-state index contributed by atoms with van der Waals surface area (Å²) < 4.78 is 0. The highest BCUT2D eigenvalue weighted by molar-refractivity contribution is 6.02. The Morgan fingerprint density at radius 2 is 0.321 bits per heavy atom. The van der Waals surface area contributed by atoms with E-state index in [2.05, 4.69) is 348 Å². The Morgan fingerprint density at radius 3 is 0.568 bits per heavy atom. The first-order chi connectivity index (χ1) is 40.2. The van der Waals surface area contributed by atoms with E-state index in [4.69, 9.17) is 0 Å². The van der Waals surface area contributed by atoms with Crippen molar-refractivity contribution in [3.63, 3.8) is 0 Å². The normalized spacial score (nSPS) is 11.2. The Bertz CT molecular complexity index is 4190. The van der Waals surface area contributed by atoms with Crippen molar-refractivity contribution in [1.29, 1.82) is 0 Å². The zero-order chi connectivity index (χ0) is 53.9. The second-order valence-electron chi connectivity index (χ2n) is 20.5. The van der Waals surface area contributed by atoms with E-state index in [-0.39, 0.29) is 0 Å². The predicted octanol–water partition coefficient (Wildman–Crippen LogP) is 22.2. The van der Waals surface area contributed by atoms with Gasteiger partial charge in [0, 0.05) is 50.3 Å². The van der Waals surface area contributed by atoms with Gasteiger partial charge in [-0.3, -0.25) is 0 Å². The highest BCUT2D eigenvalue weighted by atomic mass is 15.2. The van der Waals surface area contributed by atoms with Gasteiger partial charge in [0.05, 0.1) is 17.1 Å². The fourth-order valence-electron chi connectivity index (χ4n) is 11.6. The lowest BCUT2D eigenvalue weighted by atomic mass is 9.99. The standard InChI is InChI=1S/C78H55N3/c1-3-22-67(23-4-1)79(76-29-13-19-64-16-7-10-26-73(64)76)69-48-40-60(41-49-69)56-32-36-58(37-33-56)62-44-52-71(53-45-62)81(78-31-15-21-66-18-9-12-28-75(66)78)72-54-46-63(47-55-72)59-38-34-57(35-39-59)61-42-50-70(51-43-61)80(68-24-5-2-6-25-68)77-30-14-20-65-17-8-11-27-74(65)77/h1-55H. The van der Waals surface area contributed by atoms with E-state index in [0.717, 1.165) is 62.3 Å². The van der Waals surface area contributed by atoms with Gasteiger partial charge in [-0.2, -0.15) is 0 Å². The maximum atomic E-state index is 2.38. The monoisotopic (exact) mass is 1030 g/mol. The number of hydrogen-bond donors (Lipinski definition) is 0. The van der Waals surface area contributed by atoms with Crippen LogP contribution in [0.25, 0.3) is 76.8 Å². The van der Waals surface area contributed by atoms with Crippen molar-refractivity contribution in [2.45, 2.75) is 0 Å². The molecule has 14 aromatic carbocycles. The molecule has 0 amide bonds. The Labute approximate surface area is 473 Å². The molecule has 0 N–H and O–H groups in total. The van der Waals surface area contributed by atoms with Crippen molar-refractivity contribution < 1.29 is 0 Å². The Morgan fingerprint density at radius 1 is 0.136 bits per heavy atom. The van der Waals surface area contributed by atoms with Crippen LogP contribution in [-0.4, -0.2) is 0 Å². The Balaban J connectivity index is 0.711. The Hall–Kier alpha value is -10.7. The quantitative estimate of drug-likeness (QED) is 0.114. The molecule has 0 aliphatic rings. The molecule has 3 nitrogen and oxygen atoms in total. The molecule has 81 heavy (non-hydrogen) atoms. The van der Waals surface area contributed by atoms with Crippen LogP contribution in [0.3, 0.4) is 0 Å². The molecule has 0 aliphatic carbocycles. The molecule has 0 atom stereocenters. The zero-order valence-electron chi connectivity index (χ0n) is 44.6. The van der Waals surface area contributed by atoms with Crippen molar-refractivity contribution in [3.05, 3.63) is 334 Å². The molecule has 0 bridgehead atoms. The molecule has 3 heteroatoms. The number of fused-ring (bicyclic) bond motifs is 3. The lowest BCUT2D eigenvalue weighted by Crippen LogP contribution is -2.10. The van der Waals surface area contributed by atoms with E-state index in [1.807, 2.05) is 0 Å². The van der Waals surface area contributed by atoms with Gasteiger partial charge in [-0.15, -0.1) is 0 Å². The van der Waals surface area contributed by atoms with Crippen LogP contribution in [0.5, 0.6) is 0 Å². The molecular weight excluding hydrogens is 979 g/mol. The first kappa shape index (κ1) is 48.6. The van der Waals surface area contributed by atoms with Crippen LogP contribution < -0.4 is 14.7 Å². The maximum absolute atomic E-state index is 2.38. The van der Waals surface area contributed by atoms with Gasteiger partial charge in [-0.05, 0) is 152 Å². The van der Waals surface area contributed by atoms with E-state index in [1.54, 1.807) is 0 Å². The first-order valence-corrected chi connectivity index (χ1v) is 27.7. The molecule has 0 saturated heterocycles. The molecule has 382 valence electrons. The predicted molar refractivity (Wildman–Crippen MR) is 345 cm³/mol. The van der Waals surface area contributed by atoms with Crippen LogP contribution in [0.1, 0.15) is 0 Å². The van der Waals surface area contributed by atoms with Crippen LogP contribution in [0, 0.1) is 0 Å². The number of para-hydroxylation sites is 2. The molecular formula is C78H55N3. The summed E-state index contributed by atoms with van der Waals surface area (Å²) in [5, 5.41) is 7.27. The summed E-state index contributed by atoms with van der Waals surface area (Å²) >= 11 is 0. The van der Waals surface area contributed by atoms with Gasteiger partial charge in [0.2, 0.25) is 0 Å². The highest BCUT2D eigenvalue weighted by Gasteiger charge is 2.19. The summed E-state index contributed by atoms with van der Waals surface area (Å²) in [6.45, 7) is 0. The number of benzene rings is 14. The number of hydrogen-bond acceptors (Lipinski definition) is 3. The van der Waals surface area contributed by atoms with Gasteiger partial charge in [0.25, 0.3) is 0 Å². The van der Waals surface area contributed by atoms with E-state index >= 15 is 0 Å². The number of rotatable bonds is 13. The summed E-state index contributed by atoms with van der Waals surface area (Å²) in [4.78, 5) is 7.08. The maximum Gasteiger partial charge on any atom is 0.0540 e. The van der Waals surface area contributed by atoms with E-state index in [0.29, 0.717) is 0 Å². The summed E-state index contributed by atoms with van der Waals surface area (Å²) in [5.41, 5.74) is 19.5. The SMILES string of the molecule is c1ccc(N(c2ccc(-c3ccc(-c4ccc(N(c5ccc(-c6ccc(-c7ccc(N(c8ccccc8)c8cccc9ccccc89)cc7)cc6)cc5)c5cccc6ccccc56)cc4)cc3)cc2)c2cccc3ccccc23)cc1. The summed E-state index contributed by atoms with van der Waals surface area (Å²) in [6, 6.07) is 121. The number of nitrogens with zero attached hydrogens (tertiary/aromatic N) is 3. The van der Waals surface area contributed by atoms with Gasteiger partial charge < -0.3 is 14.7 Å². The van der Waals surface area contributed by atoms with E-state index in [1.165, 1.54) is 65.7 Å². The van der Waals surface area contributed by atoms with E-state index in [9.17, 15) is 0 Å². The van der Waals surface area contributed by atoms with Crippen LogP contribution in [-0.2, 0) is 0 Å². The molecule has 0 aliphatic heterocycles. The third-order valence-electron chi connectivity index (χ3n) is 15.7. The largest absolute Gasteiger partial charge is 0.310 e.